The average molecular weight is 283 g/mol. The molecule has 1 atom stereocenters. The molecule has 1 rings (SSSR count). The Balaban J connectivity index is 2.62. The Labute approximate surface area is 105 Å². The van der Waals surface area contributed by atoms with E-state index in [0.29, 0.717) is 0 Å². The summed E-state index contributed by atoms with van der Waals surface area (Å²) in [5.41, 5.74) is -0.465. The third kappa shape index (κ3) is 4.82. The van der Waals surface area contributed by atoms with Gasteiger partial charge in [0.15, 0.2) is 11.6 Å². The van der Waals surface area contributed by atoms with E-state index >= 15 is 0 Å². The highest BCUT2D eigenvalue weighted by atomic mass is 19.4. The van der Waals surface area contributed by atoms with Crippen molar-refractivity contribution >= 4 is 11.6 Å². The highest BCUT2D eigenvalue weighted by molar-refractivity contribution is 5.93. The molecule has 0 aromatic heterocycles. The lowest BCUT2D eigenvalue weighted by atomic mass is 10.2. The van der Waals surface area contributed by atoms with Gasteiger partial charge in [0.05, 0.1) is 5.69 Å². The molecule has 1 unspecified atom stereocenters. The topological polar surface area (TPSA) is 38.3 Å². The molecule has 0 saturated carbocycles. The lowest BCUT2D eigenvalue weighted by Crippen LogP contribution is -2.31. The molecule has 19 heavy (non-hydrogen) atoms. The molecule has 1 aromatic carbocycles. The van der Waals surface area contributed by atoms with E-state index < -0.39 is 42.1 Å². The molecule has 0 bridgehead atoms. The minimum atomic E-state index is -4.57. The minimum absolute atomic E-state index is 0.465. The van der Waals surface area contributed by atoms with Gasteiger partial charge in [-0.3, -0.25) is 4.79 Å². The Morgan fingerprint density at radius 3 is 2.58 bits per heavy atom. The molecular weight excluding hydrogens is 273 g/mol. The SMILES string of the molecule is CC(OCC(F)(F)F)C(=O)Nc1cccc(F)c1F. The Kier molecular flexibility index (Phi) is 4.82. The standard InChI is InChI=1S/C11H10F5NO2/c1-6(19-5-11(14,15)16)10(18)17-8-4-2-3-7(12)9(8)13/h2-4,6H,5H2,1H3,(H,17,18). The van der Waals surface area contributed by atoms with Crippen LogP contribution in [0.5, 0.6) is 0 Å². The van der Waals surface area contributed by atoms with E-state index in [2.05, 4.69) is 4.74 Å². The Hall–Kier alpha value is -1.70. The first-order valence-corrected chi connectivity index (χ1v) is 5.14. The van der Waals surface area contributed by atoms with Crippen molar-refractivity contribution in [3.8, 4) is 0 Å². The van der Waals surface area contributed by atoms with Crippen LogP contribution in [0.15, 0.2) is 18.2 Å². The molecule has 0 heterocycles. The van der Waals surface area contributed by atoms with Gasteiger partial charge < -0.3 is 10.1 Å². The summed E-state index contributed by atoms with van der Waals surface area (Å²) in [6, 6.07) is 3.07. The van der Waals surface area contributed by atoms with Crippen molar-refractivity contribution in [3.63, 3.8) is 0 Å². The number of anilines is 1. The maximum atomic E-state index is 13.2. The summed E-state index contributed by atoms with van der Waals surface area (Å²) in [7, 11) is 0. The highest BCUT2D eigenvalue weighted by Crippen LogP contribution is 2.18. The number of benzene rings is 1. The van der Waals surface area contributed by atoms with Crippen LogP contribution in [0.1, 0.15) is 6.92 Å². The normalized spacial score (nSPS) is 13.2. The second-order valence-electron chi connectivity index (χ2n) is 3.66. The number of alkyl halides is 3. The molecule has 1 amide bonds. The summed E-state index contributed by atoms with van der Waals surface area (Å²) >= 11 is 0. The zero-order chi connectivity index (χ0) is 14.6. The number of rotatable bonds is 4. The van der Waals surface area contributed by atoms with Gasteiger partial charge in [-0.1, -0.05) is 6.07 Å². The summed E-state index contributed by atoms with van der Waals surface area (Å²) in [6.07, 6.45) is -6.03. The molecule has 8 heteroatoms. The number of nitrogens with one attached hydrogen (secondary N) is 1. The van der Waals surface area contributed by atoms with E-state index in [0.717, 1.165) is 25.1 Å². The van der Waals surface area contributed by atoms with Crippen LogP contribution in [0.4, 0.5) is 27.6 Å². The van der Waals surface area contributed by atoms with Gasteiger partial charge in [0, 0.05) is 0 Å². The predicted molar refractivity (Wildman–Crippen MR) is 56.5 cm³/mol. The highest BCUT2D eigenvalue weighted by Gasteiger charge is 2.30. The van der Waals surface area contributed by atoms with Crippen LogP contribution < -0.4 is 5.32 Å². The Morgan fingerprint density at radius 2 is 2.00 bits per heavy atom. The second-order valence-corrected chi connectivity index (χ2v) is 3.66. The van der Waals surface area contributed by atoms with Crippen molar-refractivity contribution in [1.29, 1.82) is 0 Å². The second kappa shape index (κ2) is 5.96. The van der Waals surface area contributed by atoms with Crippen molar-refractivity contribution in [3.05, 3.63) is 29.8 Å². The summed E-state index contributed by atoms with van der Waals surface area (Å²) in [5.74, 6) is -3.48. The largest absolute Gasteiger partial charge is 0.411 e. The maximum absolute atomic E-state index is 13.2. The van der Waals surface area contributed by atoms with Crippen LogP contribution >= 0.6 is 0 Å². The zero-order valence-electron chi connectivity index (χ0n) is 9.72. The van der Waals surface area contributed by atoms with Crippen molar-refractivity contribution < 1.29 is 31.5 Å². The number of carbonyl (C=O) groups excluding carboxylic acids is 1. The van der Waals surface area contributed by atoms with E-state index in [4.69, 9.17) is 0 Å². The van der Waals surface area contributed by atoms with Crippen LogP contribution in [-0.4, -0.2) is 24.8 Å². The van der Waals surface area contributed by atoms with Crippen LogP contribution in [0.2, 0.25) is 0 Å². The molecule has 0 aliphatic rings. The fraction of sp³-hybridized carbons (Fsp3) is 0.364. The Bertz CT molecular complexity index is 461. The van der Waals surface area contributed by atoms with Crippen LogP contribution in [0.25, 0.3) is 0 Å². The molecule has 0 radical (unpaired) electrons. The quantitative estimate of drug-likeness (QED) is 0.863. The molecule has 0 aliphatic heterocycles. The lowest BCUT2D eigenvalue weighted by molar-refractivity contribution is -0.184. The van der Waals surface area contributed by atoms with Gasteiger partial charge in [0.25, 0.3) is 5.91 Å². The van der Waals surface area contributed by atoms with Crippen molar-refractivity contribution in [1.82, 2.24) is 0 Å². The van der Waals surface area contributed by atoms with Gasteiger partial charge in [-0.25, -0.2) is 8.78 Å². The molecule has 0 aliphatic carbocycles. The van der Waals surface area contributed by atoms with E-state index in [1.54, 1.807) is 0 Å². The van der Waals surface area contributed by atoms with Crippen LogP contribution in [0.3, 0.4) is 0 Å². The predicted octanol–water partition coefficient (Wildman–Crippen LogP) is 2.87. The maximum Gasteiger partial charge on any atom is 0.411 e. The number of halogens is 5. The van der Waals surface area contributed by atoms with E-state index in [1.165, 1.54) is 0 Å². The summed E-state index contributed by atoms with van der Waals surface area (Å²) in [5, 5.41) is 1.94. The first kappa shape index (κ1) is 15.4. The number of ether oxygens (including phenoxy) is 1. The number of carbonyl (C=O) groups is 1. The molecule has 0 fully saturated rings. The number of hydrogen-bond donors (Lipinski definition) is 1. The monoisotopic (exact) mass is 283 g/mol. The van der Waals surface area contributed by atoms with Crippen LogP contribution in [0, 0.1) is 11.6 Å². The van der Waals surface area contributed by atoms with E-state index in [-0.39, 0.29) is 0 Å². The van der Waals surface area contributed by atoms with Crippen molar-refractivity contribution in [2.45, 2.75) is 19.2 Å². The molecular formula is C11H10F5NO2. The van der Waals surface area contributed by atoms with Gasteiger partial charge in [-0.2, -0.15) is 13.2 Å². The first-order valence-electron chi connectivity index (χ1n) is 5.14. The van der Waals surface area contributed by atoms with Gasteiger partial charge in [0.1, 0.15) is 12.7 Å². The fourth-order valence-electron chi connectivity index (χ4n) is 1.13. The summed E-state index contributed by atoms with van der Waals surface area (Å²) in [6.45, 7) is -0.536. The van der Waals surface area contributed by atoms with Gasteiger partial charge in [-0.15, -0.1) is 0 Å². The van der Waals surface area contributed by atoms with Gasteiger partial charge in [-0.05, 0) is 19.1 Å². The Morgan fingerprint density at radius 1 is 1.37 bits per heavy atom. The third-order valence-corrected chi connectivity index (χ3v) is 2.08. The van der Waals surface area contributed by atoms with Crippen molar-refractivity contribution in [2.24, 2.45) is 0 Å². The summed E-state index contributed by atoms with van der Waals surface area (Å²) < 4.78 is 65.8. The van der Waals surface area contributed by atoms with Crippen LogP contribution in [-0.2, 0) is 9.53 Å². The van der Waals surface area contributed by atoms with Gasteiger partial charge >= 0.3 is 6.18 Å². The molecule has 106 valence electrons. The molecule has 1 N–H and O–H groups in total. The minimum Gasteiger partial charge on any atom is -0.359 e. The average Bonchev–Trinajstić information content (AvgIpc) is 2.31. The number of amides is 1. The van der Waals surface area contributed by atoms with Crippen molar-refractivity contribution in [2.75, 3.05) is 11.9 Å². The number of hydrogen-bond acceptors (Lipinski definition) is 2. The van der Waals surface area contributed by atoms with E-state index in [9.17, 15) is 26.7 Å². The zero-order valence-corrected chi connectivity index (χ0v) is 9.72. The smallest absolute Gasteiger partial charge is 0.359 e. The van der Waals surface area contributed by atoms with Gasteiger partial charge in [0.2, 0.25) is 0 Å². The lowest BCUT2D eigenvalue weighted by Gasteiger charge is -2.15. The first-order chi connectivity index (χ1) is 8.70. The summed E-state index contributed by atoms with van der Waals surface area (Å²) in [4.78, 5) is 11.4. The fourth-order valence-corrected chi connectivity index (χ4v) is 1.13. The third-order valence-electron chi connectivity index (χ3n) is 2.08. The molecule has 0 saturated heterocycles. The molecule has 1 aromatic rings. The van der Waals surface area contributed by atoms with E-state index in [1.807, 2.05) is 5.32 Å². The molecule has 0 spiro atoms. The molecule has 3 nitrogen and oxygen atoms in total.